The molecule has 3 nitrogen and oxygen atoms in total. The molecule has 0 fully saturated rings. The number of alkyl halides is 1. The van der Waals surface area contributed by atoms with Crippen molar-refractivity contribution in [2.75, 3.05) is 0 Å². The summed E-state index contributed by atoms with van der Waals surface area (Å²) in [4.78, 5) is 4.34. The van der Waals surface area contributed by atoms with Crippen LogP contribution in [0.2, 0.25) is 0 Å². The molecule has 14 heavy (non-hydrogen) atoms. The van der Waals surface area contributed by atoms with Crippen LogP contribution in [0.3, 0.4) is 0 Å². The Kier molecular flexibility index (Phi) is 2.50. The minimum absolute atomic E-state index is 0.425. The van der Waals surface area contributed by atoms with Crippen molar-refractivity contribution in [2.24, 2.45) is 0 Å². The van der Waals surface area contributed by atoms with Crippen molar-refractivity contribution >= 4 is 11.6 Å². The zero-order valence-corrected chi connectivity index (χ0v) is 8.57. The third-order valence-electron chi connectivity index (χ3n) is 1.89. The molecule has 0 aromatic carbocycles. The minimum atomic E-state index is 0.425. The number of halogens is 1. The number of aromatic nitrogens is 3. The first-order chi connectivity index (χ1) is 6.79. The van der Waals surface area contributed by atoms with Crippen LogP contribution in [0.15, 0.2) is 30.5 Å². The van der Waals surface area contributed by atoms with Gasteiger partial charge in [-0.2, -0.15) is 5.10 Å². The molecule has 0 atom stereocenters. The van der Waals surface area contributed by atoms with Crippen LogP contribution in [0.25, 0.3) is 5.82 Å². The molecule has 0 amide bonds. The molecule has 2 rings (SSSR count). The van der Waals surface area contributed by atoms with E-state index in [4.69, 9.17) is 11.6 Å². The highest BCUT2D eigenvalue weighted by molar-refractivity contribution is 6.16. The second-order valence-electron chi connectivity index (χ2n) is 3.02. The number of pyridine rings is 1. The predicted molar refractivity (Wildman–Crippen MR) is 55.7 cm³/mol. The summed E-state index contributed by atoms with van der Waals surface area (Å²) in [6.45, 7) is 1.95. The van der Waals surface area contributed by atoms with E-state index in [2.05, 4.69) is 10.1 Å². The summed E-state index contributed by atoms with van der Waals surface area (Å²) in [5.74, 6) is 1.23. The third-order valence-corrected chi connectivity index (χ3v) is 2.16. The van der Waals surface area contributed by atoms with E-state index in [-0.39, 0.29) is 0 Å². The number of aryl methyl sites for hydroxylation is 1. The summed E-state index contributed by atoms with van der Waals surface area (Å²) in [5, 5.41) is 4.27. The Morgan fingerprint density at radius 3 is 2.86 bits per heavy atom. The Hall–Kier alpha value is -1.35. The van der Waals surface area contributed by atoms with Crippen molar-refractivity contribution in [3.8, 4) is 5.82 Å². The topological polar surface area (TPSA) is 30.7 Å². The summed E-state index contributed by atoms with van der Waals surface area (Å²) in [6.07, 6.45) is 1.88. The van der Waals surface area contributed by atoms with Crippen molar-refractivity contribution in [2.45, 2.75) is 12.8 Å². The smallest absolute Gasteiger partial charge is 0.153 e. The van der Waals surface area contributed by atoms with Gasteiger partial charge in [0.25, 0.3) is 0 Å². The van der Waals surface area contributed by atoms with E-state index in [1.54, 1.807) is 4.68 Å². The van der Waals surface area contributed by atoms with Gasteiger partial charge < -0.3 is 0 Å². The number of hydrogen-bond donors (Lipinski definition) is 0. The van der Waals surface area contributed by atoms with E-state index in [1.807, 2.05) is 37.4 Å². The van der Waals surface area contributed by atoms with Crippen LogP contribution >= 0.6 is 11.6 Å². The lowest BCUT2D eigenvalue weighted by Gasteiger charge is -2.01. The van der Waals surface area contributed by atoms with Gasteiger partial charge >= 0.3 is 0 Å². The van der Waals surface area contributed by atoms with Gasteiger partial charge in [0, 0.05) is 6.20 Å². The molecule has 0 saturated heterocycles. The number of rotatable bonds is 2. The highest BCUT2D eigenvalue weighted by Gasteiger charge is 2.00. The normalized spacial score (nSPS) is 10.4. The number of hydrogen-bond acceptors (Lipinski definition) is 2. The summed E-state index contributed by atoms with van der Waals surface area (Å²) in [7, 11) is 0. The quantitative estimate of drug-likeness (QED) is 0.708. The Balaban J connectivity index is 2.41. The average Bonchev–Trinajstić information content (AvgIpc) is 2.65. The first kappa shape index (κ1) is 9.21. The van der Waals surface area contributed by atoms with Crippen molar-refractivity contribution in [3.05, 3.63) is 41.9 Å². The maximum absolute atomic E-state index is 5.70. The van der Waals surface area contributed by atoms with Gasteiger partial charge in [-0.05, 0) is 25.1 Å². The Morgan fingerprint density at radius 1 is 1.36 bits per heavy atom. The molecule has 0 aliphatic heterocycles. The zero-order chi connectivity index (χ0) is 9.97. The zero-order valence-electron chi connectivity index (χ0n) is 7.81. The predicted octanol–water partition coefficient (Wildman–Crippen LogP) is 2.31. The van der Waals surface area contributed by atoms with E-state index in [1.165, 1.54) is 0 Å². The molecule has 72 valence electrons. The van der Waals surface area contributed by atoms with E-state index in [0.717, 1.165) is 17.2 Å². The Bertz CT molecular complexity index is 436. The minimum Gasteiger partial charge on any atom is -0.232 e. The first-order valence-corrected chi connectivity index (χ1v) is 4.87. The van der Waals surface area contributed by atoms with Gasteiger partial charge in [-0.25, -0.2) is 9.67 Å². The van der Waals surface area contributed by atoms with E-state index in [0.29, 0.717) is 5.88 Å². The lowest BCUT2D eigenvalue weighted by Crippen LogP contribution is -1.99. The molecule has 0 unspecified atom stereocenters. The monoisotopic (exact) mass is 207 g/mol. The molecular weight excluding hydrogens is 198 g/mol. The van der Waals surface area contributed by atoms with E-state index < -0.39 is 0 Å². The first-order valence-electron chi connectivity index (χ1n) is 4.34. The van der Waals surface area contributed by atoms with Gasteiger partial charge in [0.15, 0.2) is 5.82 Å². The van der Waals surface area contributed by atoms with Crippen molar-refractivity contribution < 1.29 is 0 Å². The third kappa shape index (κ3) is 1.77. The summed E-state index contributed by atoms with van der Waals surface area (Å²) >= 11 is 5.70. The van der Waals surface area contributed by atoms with Crippen LogP contribution in [0.1, 0.15) is 11.4 Å². The largest absolute Gasteiger partial charge is 0.232 e. The molecule has 0 aliphatic carbocycles. The standard InChI is InChI=1S/C10H10ClN3/c1-8-5-6-14(13-8)10-4-2-3-9(7-11)12-10/h2-6H,7H2,1H3. The molecule has 0 radical (unpaired) electrons. The average molecular weight is 208 g/mol. The van der Waals surface area contributed by atoms with Crippen LogP contribution in [0.5, 0.6) is 0 Å². The van der Waals surface area contributed by atoms with Crippen LogP contribution < -0.4 is 0 Å². The maximum atomic E-state index is 5.70. The van der Waals surface area contributed by atoms with Gasteiger partial charge in [-0.1, -0.05) is 6.07 Å². The highest BCUT2D eigenvalue weighted by atomic mass is 35.5. The molecule has 0 N–H and O–H groups in total. The molecule has 2 heterocycles. The van der Waals surface area contributed by atoms with Gasteiger partial charge in [0.05, 0.1) is 17.3 Å². The van der Waals surface area contributed by atoms with Crippen molar-refractivity contribution in [1.82, 2.24) is 14.8 Å². The summed E-state index contributed by atoms with van der Waals surface area (Å²) in [6, 6.07) is 7.67. The molecular formula is C10H10ClN3. The molecule has 0 spiro atoms. The second-order valence-corrected chi connectivity index (χ2v) is 3.29. The van der Waals surface area contributed by atoms with Gasteiger partial charge in [0.1, 0.15) is 0 Å². The Morgan fingerprint density at radius 2 is 2.21 bits per heavy atom. The molecule has 4 heteroatoms. The van der Waals surface area contributed by atoms with Crippen LogP contribution in [-0.2, 0) is 5.88 Å². The lowest BCUT2D eigenvalue weighted by molar-refractivity contribution is 0.826. The molecule has 0 saturated carbocycles. The highest BCUT2D eigenvalue weighted by Crippen LogP contribution is 2.07. The van der Waals surface area contributed by atoms with Crippen LogP contribution in [0, 0.1) is 6.92 Å². The molecule has 2 aromatic rings. The fourth-order valence-corrected chi connectivity index (χ4v) is 1.36. The molecule has 2 aromatic heterocycles. The van der Waals surface area contributed by atoms with Crippen molar-refractivity contribution in [1.29, 1.82) is 0 Å². The van der Waals surface area contributed by atoms with Crippen molar-refractivity contribution in [3.63, 3.8) is 0 Å². The fraction of sp³-hybridized carbons (Fsp3) is 0.200. The number of nitrogens with zero attached hydrogens (tertiary/aromatic N) is 3. The van der Waals surface area contributed by atoms with E-state index >= 15 is 0 Å². The molecule has 0 aliphatic rings. The fourth-order valence-electron chi connectivity index (χ4n) is 1.21. The van der Waals surface area contributed by atoms with Gasteiger partial charge in [-0.15, -0.1) is 11.6 Å². The maximum Gasteiger partial charge on any atom is 0.153 e. The van der Waals surface area contributed by atoms with Gasteiger partial charge in [0.2, 0.25) is 0 Å². The molecule has 0 bridgehead atoms. The Labute approximate surface area is 87.3 Å². The second kappa shape index (κ2) is 3.80. The van der Waals surface area contributed by atoms with Gasteiger partial charge in [-0.3, -0.25) is 0 Å². The SMILES string of the molecule is Cc1ccn(-c2cccc(CCl)n2)n1. The summed E-state index contributed by atoms with van der Waals surface area (Å²) in [5.41, 5.74) is 1.83. The summed E-state index contributed by atoms with van der Waals surface area (Å²) < 4.78 is 1.74. The van der Waals surface area contributed by atoms with E-state index in [9.17, 15) is 0 Å². The van der Waals surface area contributed by atoms with Crippen LogP contribution in [0.4, 0.5) is 0 Å². The van der Waals surface area contributed by atoms with Crippen LogP contribution in [-0.4, -0.2) is 14.8 Å². The lowest BCUT2D eigenvalue weighted by atomic mass is 10.4.